The smallest absolute Gasteiger partial charge is 0.0407 e. The zero-order chi connectivity index (χ0) is 9.97. The molecule has 1 heterocycles. The van der Waals surface area contributed by atoms with Crippen LogP contribution < -0.4 is 4.90 Å². The van der Waals surface area contributed by atoms with Gasteiger partial charge in [-0.2, -0.15) is 0 Å². The molecular formula is C12H16ClN. The van der Waals surface area contributed by atoms with Crippen LogP contribution in [-0.2, 0) is 0 Å². The van der Waals surface area contributed by atoms with E-state index in [1.165, 1.54) is 31.6 Å². The Morgan fingerprint density at radius 1 is 1.14 bits per heavy atom. The van der Waals surface area contributed by atoms with E-state index in [0.29, 0.717) is 0 Å². The molecule has 76 valence electrons. The lowest BCUT2D eigenvalue weighted by molar-refractivity contribution is 0.438. The summed E-state index contributed by atoms with van der Waals surface area (Å²) in [6.07, 6.45) is 2.62. The summed E-state index contributed by atoms with van der Waals surface area (Å²) in [6, 6.07) is 8.15. The topological polar surface area (TPSA) is 3.24 Å². The molecule has 1 aliphatic heterocycles. The predicted molar refractivity (Wildman–Crippen MR) is 62.1 cm³/mol. The van der Waals surface area contributed by atoms with Crippen LogP contribution >= 0.6 is 11.6 Å². The van der Waals surface area contributed by atoms with Gasteiger partial charge in [0.2, 0.25) is 0 Å². The SMILES string of the molecule is CC1CCN(c2ccc(Cl)cc2)CC1. The van der Waals surface area contributed by atoms with E-state index in [4.69, 9.17) is 11.6 Å². The van der Waals surface area contributed by atoms with E-state index < -0.39 is 0 Å². The Kier molecular flexibility index (Phi) is 2.97. The summed E-state index contributed by atoms with van der Waals surface area (Å²) in [4.78, 5) is 2.44. The van der Waals surface area contributed by atoms with Crippen LogP contribution in [0.5, 0.6) is 0 Å². The van der Waals surface area contributed by atoms with Gasteiger partial charge in [-0.1, -0.05) is 18.5 Å². The van der Waals surface area contributed by atoms with E-state index in [1.54, 1.807) is 0 Å². The molecule has 2 rings (SSSR count). The molecular weight excluding hydrogens is 194 g/mol. The lowest BCUT2D eigenvalue weighted by Gasteiger charge is -2.32. The Labute approximate surface area is 90.7 Å². The van der Waals surface area contributed by atoms with E-state index in [0.717, 1.165) is 10.9 Å². The fourth-order valence-corrected chi connectivity index (χ4v) is 2.04. The Bertz CT molecular complexity index is 286. The normalized spacial score (nSPS) is 18.6. The first-order chi connectivity index (χ1) is 6.75. The van der Waals surface area contributed by atoms with Crippen molar-refractivity contribution in [2.75, 3.05) is 18.0 Å². The van der Waals surface area contributed by atoms with Gasteiger partial charge in [-0.3, -0.25) is 0 Å². The number of anilines is 1. The van der Waals surface area contributed by atoms with Gasteiger partial charge >= 0.3 is 0 Å². The highest BCUT2D eigenvalue weighted by Crippen LogP contribution is 2.23. The van der Waals surface area contributed by atoms with Crippen molar-refractivity contribution >= 4 is 17.3 Å². The van der Waals surface area contributed by atoms with Gasteiger partial charge in [-0.05, 0) is 43.0 Å². The van der Waals surface area contributed by atoms with Crippen molar-refractivity contribution in [1.82, 2.24) is 0 Å². The molecule has 0 atom stereocenters. The van der Waals surface area contributed by atoms with Crippen molar-refractivity contribution in [1.29, 1.82) is 0 Å². The molecule has 1 aromatic rings. The van der Waals surface area contributed by atoms with Crippen molar-refractivity contribution in [2.45, 2.75) is 19.8 Å². The summed E-state index contributed by atoms with van der Waals surface area (Å²) in [5.41, 5.74) is 1.31. The Morgan fingerprint density at radius 3 is 2.29 bits per heavy atom. The highest BCUT2D eigenvalue weighted by molar-refractivity contribution is 6.30. The second-order valence-electron chi connectivity index (χ2n) is 4.15. The number of hydrogen-bond acceptors (Lipinski definition) is 1. The van der Waals surface area contributed by atoms with Crippen LogP contribution in [0.3, 0.4) is 0 Å². The molecule has 0 amide bonds. The lowest BCUT2D eigenvalue weighted by Crippen LogP contribution is -2.32. The van der Waals surface area contributed by atoms with Gasteiger partial charge in [0.1, 0.15) is 0 Å². The average Bonchev–Trinajstić information content (AvgIpc) is 2.21. The van der Waals surface area contributed by atoms with Crippen LogP contribution in [0, 0.1) is 5.92 Å². The minimum atomic E-state index is 0.819. The van der Waals surface area contributed by atoms with Crippen LogP contribution in [-0.4, -0.2) is 13.1 Å². The van der Waals surface area contributed by atoms with E-state index in [9.17, 15) is 0 Å². The quantitative estimate of drug-likeness (QED) is 0.684. The van der Waals surface area contributed by atoms with E-state index >= 15 is 0 Å². The summed E-state index contributed by atoms with van der Waals surface area (Å²) in [5.74, 6) is 0.888. The van der Waals surface area contributed by atoms with Crippen molar-refractivity contribution in [3.8, 4) is 0 Å². The molecule has 0 N–H and O–H groups in total. The molecule has 0 aliphatic carbocycles. The van der Waals surface area contributed by atoms with Gasteiger partial charge in [0.25, 0.3) is 0 Å². The fourth-order valence-electron chi connectivity index (χ4n) is 1.92. The minimum absolute atomic E-state index is 0.819. The standard InChI is InChI=1S/C12H16ClN/c1-10-6-8-14(9-7-10)12-4-2-11(13)3-5-12/h2-5,10H,6-9H2,1H3. The summed E-state index contributed by atoms with van der Waals surface area (Å²) >= 11 is 5.86. The molecule has 1 nitrogen and oxygen atoms in total. The number of benzene rings is 1. The molecule has 14 heavy (non-hydrogen) atoms. The number of rotatable bonds is 1. The zero-order valence-electron chi connectivity index (χ0n) is 8.54. The van der Waals surface area contributed by atoms with Crippen molar-refractivity contribution in [2.24, 2.45) is 5.92 Å². The third-order valence-corrected chi connectivity index (χ3v) is 3.23. The molecule has 0 saturated carbocycles. The minimum Gasteiger partial charge on any atom is -0.372 e. The van der Waals surface area contributed by atoms with Crippen molar-refractivity contribution in [3.05, 3.63) is 29.3 Å². The molecule has 0 aromatic heterocycles. The molecule has 1 fully saturated rings. The summed E-state index contributed by atoms with van der Waals surface area (Å²) in [7, 11) is 0. The largest absolute Gasteiger partial charge is 0.372 e. The van der Waals surface area contributed by atoms with Crippen LogP contribution in [0.1, 0.15) is 19.8 Å². The lowest BCUT2D eigenvalue weighted by atomic mass is 9.99. The van der Waals surface area contributed by atoms with Crippen LogP contribution in [0.4, 0.5) is 5.69 Å². The molecule has 2 heteroatoms. The monoisotopic (exact) mass is 209 g/mol. The Hall–Kier alpha value is -0.690. The first-order valence-electron chi connectivity index (χ1n) is 5.26. The first-order valence-corrected chi connectivity index (χ1v) is 5.64. The highest BCUT2D eigenvalue weighted by Gasteiger charge is 2.15. The molecule has 1 saturated heterocycles. The molecule has 0 radical (unpaired) electrons. The van der Waals surface area contributed by atoms with Crippen LogP contribution in [0.15, 0.2) is 24.3 Å². The van der Waals surface area contributed by atoms with Gasteiger partial charge < -0.3 is 4.90 Å². The molecule has 1 aromatic carbocycles. The molecule has 0 bridgehead atoms. The third-order valence-electron chi connectivity index (χ3n) is 2.98. The zero-order valence-corrected chi connectivity index (χ0v) is 9.30. The summed E-state index contributed by atoms with van der Waals surface area (Å²) < 4.78 is 0. The maximum atomic E-state index is 5.86. The second-order valence-corrected chi connectivity index (χ2v) is 4.58. The van der Waals surface area contributed by atoms with Crippen LogP contribution in [0.25, 0.3) is 0 Å². The number of piperidine rings is 1. The van der Waals surface area contributed by atoms with Gasteiger partial charge in [0.15, 0.2) is 0 Å². The van der Waals surface area contributed by atoms with Gasteiger partial charge in [-0.25, -0.2) is 0 Å². The number of hydrogen-bond donors (Lipinski definition) is 0. The Morgan fingerprint density at radius 2 is 1.71 bits per heavy atom. The van der Waals surface area contributed by atoms with Gasteiger partial charge in [-0.15, -0.1) is 0 Å². The van der Waals surface area contributed by atoms with Gasteiger partial charge in [0, 0.05) is 23.8 Å². The number of nitrogens with zero attached hydrogens (tertiary/aromatic N) is 1. The summed E-state index contributed by atoms with van der Waals surface area (Å²) in [6.45, 7) is 4.70. The molecule has 0 spiro atoms. The first kappa shape index (κ1) is 9.85. The molecule has 0 unspecified atom stereocenters. The number of halogens is 1. The van der Waals surface area contributed by atoms with E-state index in [-0.39, 0.29) is 0 Å². The van der Waals surface area contributed by atoms with Crippen molar-refractivity contribution < 1.29 is 0 Å². The predicted octanol–water partition coefficient (Wildman–Crippen LogP) is 3.58. The highest BCUT2D eigenvalue weighted by atomic mass is 35.5. The second kappa shape index (κ2) is 4.22. The average molecular weight is 210 g/mol. The van der Waals surface area contributed by atoms with E-state index in [2.05, 4.69) is 24.0 Å². The maximum absolute atomic E-state index is 5.86. The third kappa shape index (κ3) is 2.21. The van der Waals surface area contributed by atoms with Gasteiger partial charge in [0.05, 0.1) is 0 Å². The fraction of sp³-hybridized carbons (Fsp3) is 0.500. The maximum Gasteiger partial charge on any atom is 0.0407 e. The molecule has 1 aliphatic rings. The summed E-state index contributed by atoms with van der Waals surface area (Å²) in [5, 5.41) is 0.819. The van der Waals surface area contributed by atoms with E-state index in [1.807, 2.05) is 12.1 Å². The van der Waals surface area contributed by atoms with Crippen LogP contribution in [0.2, 0.25) is 5.02 Å². The Balaban J connectivity index is 2.05. The van der Waals surface area contributed by atoms with Crippen molar-refractivity contribution in [3.63, 3.8) is 0 Å².